The van der Waals surface area contributed by atoms with Crippen LogP contribution in [0.2, 0.25) is 0 Å². The third-order valence-electron chi connectivity index (χ3n) is 4.19. The van der Waals surface area contributed by atoms with Crippen molar-refractivity contribution in [1.82, 2.24) is 0 Å². The summed E-state index contributed by atoms with van der Waals surface area (Å²) in [6.07, 6.45) is -17.5. The Balaban J connectivity index is 2.14. The lowest BCUT2D eigenvalue weighted by atomic mass is 9.87. The van der Waals surface area contributed by atoms with Crippen molar-refractivity contribution >= 4 is 0 Å². The van der Waals surface area contributed by atoms with Crippen LogP contribution >= 0.6 is 0 Å². The second-order valence-corrected chi connectivity index (χ2v) is 5.73. The first-order chi connectivity index (χ1) is 10.2. The molecule has 0 aromatic carbocycles. The van der Waals surface area contributed by atoms with Gasteiger partial charge in [-0.15, -0.1) is 0 Å². The summed E-state index contributed by atoms with van der Waals surface area (Å²) in [7, 11) is 0. The lowest BCUT2D eigenvalue weighted by Gasteiger charge is -2.46. The Bertz CT molecular complexity index is 347. The molecule has 2 rings (SSSR count). The summed E-state index contributed by atoms with van der Waals surface area (Å²) in [4.78, 5) is 0. The smallest absolute Gasteiger partial charge is 0.184 e. The molecule has 10 nitrogen and oxygen atoms in total. The van der Waals surface area contributed by atoms with Crippen LogP contribution in [0.5, 0.6) is 0 Å². The number of hydrogen-bond acceptors (Lipinski definition) is 10. The molecule has 0 aromatic rings. The zero-order valence-electron chi connectivity index (χ0n) is 11.7. The van der Waals surface area contributed by atoms with E-state index in [1.165, 1.54) is 6.92 Å². The van der Waals surface area contributed by atoms with E-state index in [0.29, 0.717) is 0 Å². The van der Waals surface area contributed by atoms with E-state index in [2.05, 4.69) is 0 Å². The van der Waals surface area contributed by atoms with Gasteiger partial charge in [0.15, 0.2) is 6.29 Å². The van der Waals surface area contributed by atoms with Crippen LogP contribution in [-0.2, 0) is 9.47 Å². The highest BCUT2D eigenvalue weighted by Crippen LogP contribution is 2.29. The molecule has 0 radical (unpaired) electrons. The molecule has 22 heavy (non-hydrogen) atoms. The van der Waals surface area contributed by atoms with Crippen molar-refractivity contribution in [3.63, 3.8) is 0 Å². The first-order valence-corrected chi connectivity index (χ1v) is 6.92. The lowest BCUT2D eigenvalue weighted by Crippen LogP contribution is -2.67. The van der Waals surface area contributed by atoms with Crippen molar-refractivity contribution in [3.8, 4) is 0 Å². The molecule has 1 unspecified atom stereocenters. The highest BCUT2D eigenvalue weighted by Gasteiger charge is 2.52. The number of aliphatic hydroxyl groups excluding tert-OH is 8. The third kappa shape index (κ3) is 2.99. The van der Waals surface area contributed by atoms with Gasteiger partial charge in [-0.25, -0.2) is 0 Å². The molecule has 130 valence electrons. The molecule has 0 amide bonds. The molecule has 0 saturated carbocycles. The van der Waals surface area contributed by atoms with Gasteiger partial charge < -0.3 is 50.3 Å². The van der Waals surface area contributed by atoms with E-state index in [9.17, 15) is 40.9 Å². The number of ether oxygens (including phenoxy) is 2. The molecular formula is C12H22O10. The van der Waals surface area contributed by atoms with Gasteiger partial charge in [-0.1, -0.05) is 0 Å². The largest absolute Gasteiger partial charge is 0.388 e. The van der Waals surface area contributed by atoms with Gasteiger partial charge in [0.2, 0.25) is 0 Å². The highest BCUT2D eigenvalue weighted by atomic mass is 16.6. The van der Waals surface area contributed by atoms with E-state index < -0.39 is 67.3 Å². The Labute approximate surface area is 125 Å². The van der Waals surface area contributed by atoms with Crippen LogP contribution in [0.4, 0.5) is 0 Å². The van der Waals surface area contributed by atoms with Gasteiger partial charge in [-0.2, -0.15) is 0 Å². The molecule has 2 fully saturated rings. The van der Waals surface area contributed by atoms with E-state index in [4.69, 9.17) is 9.47 Å². The van der Waals surface area contributed by atoms with Crippen LogP contribution in [0.25, 0.3) is 0 Å². The molecule has 0 aliphatic carbocycles. The van der Waals surface area contributed by atoms with Crippen molar-refractivity contribution in [2.24, 2.45) is 0 Å². The van der Waals surface area contributed by atoms with Gasteiger partial charge in [0.05, 0.1) is 6.10 Å². The Morgan fingerprint density at radius 3 is 1.64 bits per heavy atom. The van der Waals surface area contributed by atoms with Gasteiger partial charge in [0.25, 0.3) is 0 Å². The minimum Gasteiger partial charge on any atom is -0.388 e. The Morgan fingerprint density at radius 2 is 1.09 bits per heavy atom. The molecule has 0 spiro atoms. The highest BCUT2D eigenvalue weighted by molar-refractivity contribution is 5.00. The average Bonchev–Trinajstić information content (AvgIpc) is 2.49. The minimum atomic E-state index is -1.85. The lowest BCUT2D eigenvalue weighted by molar-refractivity contribution is -0.317. The van der Waals surface area contributed by atoms with Crippen LogP contribution in [-0.4, -0.2) is 108 Å². The Hall–Kier alpha value is -0.400. The monoisotopic (exact) mass is 326 g/mol. The zero-order chi connectivity index (χ0) is 16.8. The zero-order valence-corrected chi connectivity index (χ0v) is 11.7. The van der Waals surface area contributed by atoms with E-state index in [1.807, 2.05) is 0 Å². The van der Waals surface area contributed by atoms with Crippen molar-refractivity contribution in [2.45, 2.75) is 74.3 Å². The predicted molar refractivity (Wildman–Crippen MR) is 67.3 cm³/mol. The molecule has 0 aromatic heterocycles. The second-order valence-electron chi connectivity index (χ2n) is 5.73. The van der Waals surface area contributed by atoms with Crippen LogP contribution in [0.1, 0.15) is 6.92 Å². The molecule has 10 heteroatoms. The fraction of sp³-hybridized carbons (Fsp3) is 1.00. The van der Waals surface area contributed by atoms with Gasteiger partial charge >= 0.3 is 0 Å². The van der Waals surface area contributed by atoms with Crippen molar-refractivity contribution in [1.29, 1.82) is 0 Å². The molecule has 2 heterocycles. The van der Waals surface area contributed by atoms with Crippen molar-refractivity contribution < 1.29 is 50.3 Å². The minimum absolute atomic E-state index is 0.917. The summed E-state index contributed by atoms with van der Waals surface area (Å²) in [5, 5.41) is 77.7. The van der Waals surface area contributed by atoms with E-state index >= 15 is 0 Å². The summed E-state index contributed by atoms with van der Waals surface area (Å²) in [5.41, 5.74) is 0. The van der Waals surface area contributed by atoms with Gasteiger partial charge in [-0.05, 0) is 6.92 Å². The van der Waals surface area contributed by atoms with Crippen LogP contribution in [0, 0.1) is 0 Å². The first-order valence-electron chi connectivity index (χ1n) is 6.92. The quantitative estimate of drug-likeness (QED) is 0.245. The predicted octanol–water partition coefficient (Wildman–Crippen LogP) is -4.98. The topological polar surface area (TPSA) is 180 Å². The fourth-order valence-corrected chi connectivity index (χ4v) is 2.72. The summed E-state index contributed by atoms with van der Waals surface area (Å²) in [6, 6.07) is 0. The molecular weight excluding hydrogens is 304 g/mol. The summed E-state index contributed by atoms with van der Waals surface area (Å²) in [5.74, 6) is 0. The fourth-order valence-electron chi connectivity index (χ4n) is 2.72. The molecule has 8 N–H and O–H groups in total. The number of rotatable bonds is 2. The van der Waals surface area contributed by atoms with Crippen molar-refractivity contribution in [2.75, 3.05) is 0 Å². The summed E-state index contributed by atoms with van der Waals surface area (Å²) in [6.45, 7) is 1.41. The second kappa shape index (κ2) is 6.61. The van der Waals surface area contributed by atoms with Crippen LogP contribution in [0.3, 0.4) is 0 Å². The number of aliphatic hydroxyl groups is 8. The van der Waals surface area contributed by atoms with E-state index in [1.54, 1.807) is 0 Å². The normalized spacial score (nSPS) is 55.0. The molecule has 2 aliphatic rings. The maximum atomic E-state index is 10.2. The first kappa shape index (κ1) is 17.9. The molecule has 2 saturated heterocycles. The van der Waals surface area contributed by atoms with E-state index in [-0.39, 0.29) is 0 Å². The average molecular weight is 326 g/mol. The Kier molecular flexibility index (Phi) is 5.39. The summed E-state index contributed by atoms with van der Waals surface area (Å²) < 4.78 is 10.1. The molecule has 2 aliphatic heterocycles. The van der Waals surface area contributed by atoms with Gasteiger partial charge in [0.1, 0.15) is 54.9 Å². The van der Waals surface area contributed by atoms with Crippen LogP contribution < -0.4 is 0 Å². The van der Waals surface area contributed by atoms with Gasteiger partial charge in [-0.3, -0.25) is 0 Å². The van der Waals surface area contributed by atoms with Crippen molar-refractivity contribution in [3.05, 3.63) is 0 Å². The maximum Gasteiger partial charge on any atom is 0.184 e. The van der Waals surface area contributed by atoms with E-state index in [0.717, 1.165) is 0 Å². The standard InChI is InChI=1S/C12H22O10/c1-2-3(13)4(14)6(16)10(21-2)9(19)11-7(17)5(15)8(18)12(20)22-11/h2-20H,1H3/t2-,3-,4+,5-,6+,7-,8+,9?,10+,11-,12+/m0/s1. The SMILES string of the molecule is C[C@@H]1O[C@@H](C(O)[C@H]2O[C@@H](O)[C@H](O)[C@@H](O)[C@@H]2O)[C@H](O)[C@H](O)[C@H]1O. The summed E-state index contributed by atoms with van der Waals surface area (Å²) >= 11 is 0. The third-order valence-corrected chi connectivity index (χ3v) is 4.19. The Morgan fingerprint density at radius 1 is 0.636 bits per heavy atom. The molecule has 0 bridgehead atoms. The number of hydrogen-bond donors (Lipinski definition) is 8. The maximum absolute atomic E-state index is 10.2. The molecule has 11 atom stereocenters. The van der Waals surface area contributed by atoms with Gasteiger partial charge in [0, 0.05) is 0 Å². The van der Waals surface area contributed by atoms with Crippen LogP contribution in [0.15, 0.2) is 0 Å².